The van der Waals surface area contributed by atoms with Gasteiger partial charge in [-0.15, -0.1) is 0 Å². The van der Waals surface area contributed by atoms with Crippen molar-refractivity contribution in [2.75, 3.05) is 5.73 Å². The first-order valence-electron chi connectivity index (χ1n) is 8.28. The number of hydrogen-bond donors (Lipinski definition) is 1. The fourth-order valence-electron chi connectivity index (χ4n) is 2.66. The van der Waals surface area contributed by atoms with Crippen molar-refractivity contribution in [3.63, 3.8) is 0 Å². The molecule has 0 bridgehead atoms. The molecular weight excluding hydrogens is 320 g/mol. The second-order valence-electron chi connectivity index (χ2n) is 7.40. The topological polar surface area (TPSA) is 53.7 Å². The Morgan fingerprint density at radius 1 is 0.960 bits per heavy atom. The summed E-state index contributed by atoms with van der Waals surface area (Å²) in [6, 6.07) is 9.72. The van der Waals surface area contributed by atoms with E-state index in [1.165, 1.54) is 12.1 Å². The van der Waals surface area contributed by atoms with Crippen LogP contribution in [0.2, 0.25) is 0 Å². The molecule has 2 N–H and O–H groups in total. The van der Waals surface area contributed by atoms with Crippen LogP contribution in [-0.4, -0.2) is 18.3 Å². The zero-order valence-electron chi connectivity index (χ0n) is 15.2. The Balaban J connectivity index is 1.97. The average molecular weight is 343 g/mol. The highest BCUT2D eigenvalue weighted by molar-refractivity contribution is 6.63. The van der Waals surface area contributed by atoms with Crippen molar-refractivity contribution in [1.82, 2.24) is 0 Å². The number of nitrogens with two attached hydrogens (primary N) is 1. The van der Waals surface area contributed by atoms with E-state index in [9.17, 15) is 4.39 Å². The molecule has 0 aromatic heterocycles. The van der Waals surface area contributed by atoms with E-state index < -0.39 is 18.3 Å². The summed E-state index contributed by atoms with van der Waals surface area (Å²) < 4.78 is 31.6. The van der Waals surface area contributed by atoms with Gasteiger partial charge in [0.1, 0.15) is 17.3 Å². The predicted octanol–water partition coefficient (Wildman–Crippen LogP) is 3.81. The summed E-state index contributed by atoms with van der Waals surface area (Å²) in [5, 5.41) is 0. The summed E-state index contributed by atoms with van der Waals surface area (Å²) in [4.78, 5) is 0. The average Bonchev–Trinajstić information content (AvgIpc) is 2.72. The van der Waals surface area contributed by atoms with Crippen molar-refractivity contribution < 1.29 is 18.4 Å². The lowest BCUT2D eigenvalue weighted by molar-refractivity contribution is 0.00578. The number of anilines is 1. The number of halogens is 1. The Labute approximate surface area is 148 Å². The van der Waals surface area contributed by atoms with Crippen LogP contribution in [-0.2, 0) is 9.31 Å². The van der Waals surface area contributed by atoms with Gasteiger partial charge >= 0.3 is 7.12 Å². The molecule has 132 valence electrons. The van der Waals surface area contributed by atoms with Crippen molar-refractivity contribution >= 4 is 18.3 Å². The van der Waals surface area contributed by atoms with Gasteiger partial charge in [-0.1, -0.05) is 0 Å². The van der Waals surface area contributed by atoms with E-state index in [4.69, 9.17) is 19.8 Å². The molecule has 0 atom stereocenters. The first kappa shape index (κ1) is 17.8. The third kappa shape index (κ3) is 3.37. The van der Waals surface area contributed by atoms with Crippen LogP contribution in [0.4, 0.5) is 10.1 Å². The highest BCUT2D eigenvalue weighted by Gasteiger charge is 2.52. The molecule has 6 heteroatoms. The fourth-order valence-corrected chi connectivity index (χ4v) is 2.66. The standard InChI is InChI=1S/C19H23BFNO3/c1-12-10-13(21)6-8-16(12)23-17-9-7-14(22)11-15(17)20-24-18(2,3)19(4,5)25-20/h6-11H,22H2,1-5H3. The Morgan fingerprint density at radius 2 is 1.56 bits per heavy atom. The number of benzene rings is 2. The molecule has 0 unspecified atom stereocenters. The van der Waals surface area contributed by atoms with Gasteiger partial charge in [0.2, 0.25) is 0 Å². The second-order valence-corrected chi connectivity index (χ2v) is 7.40. The molecule has 3 rings (SSSR count). The van der Waals surface area contributed by atoms with Crippen LogP contribution in [0.1, 0.15) is 33.3 Å². The van der Waals surface area contributed by atoms with Gasteiger partial charge < -0.3 is 19.8 Å². The number of rotatable bonds is 3. The van der Waals surface area contributed by atoms with Crippen LogP contribution < -0.4 is 15.9 Å². The van der Waals surface area contributed by atoms with Gasteiger partial charge in [0, 0.05) is 11.2 Å². The molecule has 4 nitrogen and oxygen atoms in total. The molecule has 1 fully saturated rings. The molecule has 0 saturated carbocycles. The molecular formula is C19H23BFNO3. The van der Waals surface area contributed by atoms with Crippen molar-refractivity contribution in [3.05, 3.63) is 47.8 Å². The highest BCUT2D eigenvalue weighted by Crippen LogP contribution is 2.38. The lowest BCUT2D eigenvalue weighted by atomic mass is 9.78. The Kier molecular flexibility index (Phi) is 4.29. The van der Waals surface area contributed by atoms with E-state index in [0.717, 1.165) is 0 Å². The lowest BCUT2D eigenvalue weighted by Gasteiger charge is -2.32. The van der Waals surface area contributed by atoms with E-state index in [2.05, 4.69) is 0 Å². The fraction of sp³-hybridized carbons (Fsp3) is 0.368. The van der Waals surface area contributed by atoms with E-state index in [1.54, 1.807) is 31.2 Å². The van der Waals surface area contributed by atoms with Crippen molar-refractivity contribution in [2.45, 2.75) is 45.8 Å². The molecule has 0 radical (unpaired) electrons. The minimum atomic E-state index is -0.593. The van der Waals surface area contributed by atoms with Crippen LogP contribution in [0.3, 0.4) is 0 Å². The van der Waals surface area contributed by atoms with Gasteiger partial charge in [-0.3, -0.25) is 0 Å². The maximum Gasteiger partial charge on any atom is 0.498 e. The van der Waals surface area contributed by atoms with Crippen molar-refractivity contribution in [1.29, 1.82) is 0 Å². The number of aryl methyl sites for hydroxylation is 1. The van der Waals surface area contributed by atoms with Crippen molar-refractivity contribution in [2.24, 2.45) is 0 Å². The van der Waals surface area contributed by atoms with Crippen LogP contribution in [0.25, 0.3) is 0 Å². The molecule has 1 aliphatic heterocycles. The molecule has 2 aromatic carbocycles. The lowest BCUT2D eigenvalue weighted by Crippen LogP contribution is -2.41. The van der Waals surface area contributed by atoms with E-state index in [1.807, 2.05) is 27.7 Å². The smallest absolute Gasteiger partial charge is 0.457 e. The summed E-state index contributed by atoms with van der Waals surface area (Å²) >= 11 is 0. The summed E-state index contributed by atoms with van der Waals surface area (Å²) in [5.74, 6) is 0.847. The maximum atomic E-state index is 13.3. The predicted molar refractivity (Wildman–Crippen MR) is 97.8 cm³/mol. The number of nitrogen functional groups attached to an aromatic ring is 1. The minimum absolute atomic E-state index is 0.298. The van der Waals surface area contributed by atoms with Gasteiger partial charge in [0.25, 0.3) is 0 Å². The number of ether oxygens (including phenoxy) is 1. The summed E-state index contributed by atoms with van der Waals surface area (Å²) in [6.07, 6.45) is 0. The first-order valence-corrected chi connectivity index (χ1v) is 8.28. The van der Waals surface area contributed by atoms with Crippen LogP contribution in [0, 0.1) is 12.7 Å². The van der Waals surface area contributed by atoms with Gasteiger partial charge in [-0.25, -0.2) is 4.39 Å². The normalized spacial score (nSPS) is 18.4. The molecule has 1 saturated heterocycles. The van der Waals surface area contributed by atoms with E-state index in [-0.39, 0.29) is 5.82 Å². The zero-order valence-corrected chi connectivity index (χ0v) is 15.2. The third-order valence-electron chi connectivity index (χ3n) is 4.90. The van der Waals surface area contributed by atoms with Gasteiger partial charge in [0.15, 0.2) is 0 Å². The van der Waals surface area contributed by atoms with Gasteiger partial charge in [0.05, 0.1) is 11.2 Å². The Bertz CT molecular complexity index is 791. The van der Waals surface area contributed by atoms with Gasteiger partial charge in [-0.2, -0.15) is 0 Å². The summed E-state index contributed by atoms with van der Waals surface area (Å²) in [6.45, 7) is 9.76. The molecule has 1 heterocycles. The molecule has 1 aliphatic rings. The zero-order chi connectivity index (χ0) is 18.4. The van der Waals surface area contributed by atoms with Crippen molar-refractivity contribution in [3.8, 4) is 11.5 Å². The van der Waals surface area contributed by atoms with E-state index in [0.29, 0.717) is 28.2 Å². The highest BCUT2D eigenvalue weighted by atomic mass is 19.1. The monoisotopic (exact) mass is 343 g/mol. The second kappa shape index (κ2) is 6.04. The summed E-state index contributed by atoms with van der Waals surface area (Å²) in [5.41, 5.74) is 7.03. The Morgan fingerprint density at radius 3 is 2.16 bits per heavy atom. The maximum absolute atomic E-state index is 13.3. The van der Waals surface area contributed by atoms with Crippen LogP contribution in [0.15, 0.2) is 36.4 Å². The first-order chi connectivity index (χ1) is 11.6. The molecule has 25 heavy (non-hydrogen) atoms. The van der Waals surface area contributed by atoms with Crippen LogP contribution in [0.5, 0.6) is 11.5 Å². The SMILES string of the molecule is Cc1cc(F)ccc1Oc1ccc(N)cc1B1OC(C)(C)C(C)(C)O1. The van der Waals surface area contributed by atoms with Crippen LogP contribution >= 0.6 is 0 Å². The molecule has 2 aromatic rings. The third-order valence-corrected chi connectivity index (χ3v) is 4.90. The minimum Gasteiger partial charge on any atom is -0.457 e. The van der Waals surface area contributed by atoms with E-state index >= 15 is 0 Å². The quantitative estimate of drug-likeness (QED) is 0.680. The molecule has 0 aliphatic carbocycles. The molecule has 0 amide bonds. The largest absolute Gasteiger partial charge is 0.498 e. The Hall–Kier alpha value is -2.05. The summed E-state index contributed by atoms with van der Waals surface area (Å²) in [7, 11) is -0.593. The molecule has 0 spiro atoms. The van der Waals surface area contributed by atoms with Gasteiger partial charge in [-0.05, 0) is 76.6 Å². The number of hydrogen-bond acceptors (Lipinski definition) is 4.